The van der Waals surface area contributed by atoms with E-state index in [1.54, 1.807) is 30.3 Å². The number of non-ortho nitro benzene ring substituents is 1. The minimum absolute atomic E-state index is 0.00403. The van der Waals surface area contributed by atoms with E-state index in [4.69, 9.17) is 5.11 Å². The Balaban J connectivity index is 2.24. The van der Waals surface area contributed by atoms with E-state index in [1.165, 1.54) is 30.3 Å². The fraction of sp³-hybridized carbons (Fsp3) is 0.158. The molecule has 0 radical (unpaired) electrons. The monoisotopic (exact) mass is 369 g/mol. The van der Waals surface area contributed by atoms with Crippen molar-refractivity contribution in [3.8, 4) is 0 Å². The topological polar surface area (TPSA) is 122 Å². The normalized spacial score (nSPS) is 10.9. The van der Waals surface area contributed by atoms with Crippen LogP contribution in [0.25, 0.3) is 6.08 Å². The van der Waals surface area contributed by atoms with Gasteiger partial charge < -0.3 is 15.7 Å². The van der Waals surface area contributed by atoms with Gasteiger partial charge in [0, 0.05) is 30.8 Å². The van der Waals surface area contributed by atoms with Crippen LogP contribution in [0.1, 0.15) is 22.3 Å². The van der Waals surface area contributed by atoms with E-state index in [0.717, 1.165) is 0 Å². The molecule has 140 valence electrons. The van der Waals surface area contributed by atoms with Gasteiger partial charge in [-0.05, 0) is 42.3 Å². The fourth-order valence-electron chi connectivity index (χ4n) is 2.18. The van der Waals surface area contributed by atoms with Gasteiger partial charge in [0.15, 0.2) is 0 Å². The lowest BCUT2D eigenvalue weighted by Crippen LogP contribution is -2.35. The highest BCUT2D eigenvalue weighted by Crippen LogP contribution is 2.14. The number of hydrogen-bond donors (Lipinski definition) is 3. The molecule has 0 fully saturated rings. The van der Waals surface area contributed by atoms with Crippen molar-refractivity contribution in [1.29, 1.82) is 0 Å². The number of aliphatic hydroxyl groups excluding tert-OH is 1. The van der Waals surface area contributed by atoms with E-state index < -0.39 is 16.7 Å². The SMILES string of the molecule is O=C(NCCCO)C(=Cc1ccc([N+](=O)[O-])cc1)NC(=O)c1ccccc1. The van der Waals surface area contributed by atoms with Crippen LogP contribution in [-0.2, 0) is 4.79 Å². The van der Waals surface area contributed by atoms with Crippen molar-refractivity contribution in [3.63, 3.8) is 0 Å². The van der Waals surface area contributed by atoms with Gasteiger partial charge in [-0.1, -0.05) is 18.2 Å². The molecule has 2 aromatic carbocycles. The Morgan fingerprint density at radius 1 is 1.07 bits per heavy atom. The molecule has 0 bridgehead atoms. The molecule has 8 nitrogen and oxygen atoms in total. The number of benzene rings is 2. The third-order valence-corrected chi connectivity index (χ3v) is 3.56. The van der Waals surface area contributed by atoms with Crippen LogP contribution in [0.4, 0.5) is 5.69 Å². The highest BCUT2D eigenvalue weighted by Gasteiger charge is 2.14. The fourth-order valence-corrected chi connectivity index (χ4v) is 2.18. The van der Waals surface area contributed by atoms with Crippen molar-refractivity contribution in [1.82, 2.24) is 10.6 Å². The third-order valence-electron chi connectivity index (χ3n) is 3.56. The zero-order valence-corrected chi connectivity index (χ0v) is 14.4. The van der Waals surface area contributed by atoms with Gasteiger partial charge in [-0.25, -0.2) is 0 Å². The lowest BCUT2D eigenvalue weighted by atomic mass is 10.1. The van der Waals surface area contributed by atoms with Gasteiger partial charge in [0.05, 0.1) is 4.92 Å². The number of hydrogen-bond acceptors (Lipinski definition) is 5. The first-order chi connectivity index (χ1) is 13.0. The summed E-state index contributed by atoms with van der Waals surface area (Å²) in [7, 11) is 0. The molecule has 0 saturated heterocycles. The van der Waals surface area contributed by atoms with Crippen molar-refractivity contribution in [3.05, 3.63) is 81.5 Å². The van der Waals surface area contributed by atoms with E-state index in [0.29, 0.717) is 17.5 Å². The minimum Gasteiger partial charge on any atom is -0.396 e. The van der Waals surface area contributed by atoms with E-state index in [9.17, 15) is 19.7 Å². The van der Waals surface area contributed by atoms with Crippen LogP contribution in [0.2, 0.25) is 0 Å². The number of nitro groups is 1. The predicted octanol–water partition coefficient (Wildman–Crippen LogP) is 1.86. The molecule has 3 N–H and O–H groups in total. The quantitative estimate of drug-likeness (QED) is 0.284. The largest absolute Gasteiger partial charge is 0.396 e. The van der Waals surface area contributed by atoms with Gasteiger partial charge in [0.1, 0.15) is 5.70 Å². The number of nitro benzene ring substituents is 1. The summed E-state index contributed by atoms with van der Waals surface area (Å²) in [5.74, 6) is -0.979. The van der Waals surface area contributed by atoms with E-state index in [2.05, 4.69) is 10.6 Å². The first-order valence-corrected chi connectivity index (χ1v) is 8.23. The smallest absolute Gasteiger partial charge is 0.269 e. The van der Waals surface area contributed by atoms with Crippen molar-refractivity contribution < 1.29 is 19.6 Å². The number of carbonyl (C=O) groups is 2. The predicted molar refractivity (Wildman–Crippen MR) is 99.7 cm³/mol. The van der Waals surface area contributed by atoms with Gasteiger partial charge in [-0.3, -0.25) is 19.7 Å². The molecule has 0 saturated carbocycles. The molecule has 0 aliphatic heterocycles. The molecule has 27 heavy (non-hydrogen) atoms. The number of nitrogens with one attached hydrogen (secondary N) is 2. The Morgan fingerprint density at radius 2 is 1.74 bits per heavy atom. The summed E-state index contributed by atoms with van der Waals surface area (Å²) in [5.41, 5.74) is 0.821. The highest BCUT2D eigenvalue weighted by molar-refractivity contribution is 6.05. The van der Waals surface area contributed by atoms with Gasteiger partial charge in [0.2, 0.25) is 0 Å². The summed E-state index contributed by atoms with van der Waals surface area (Å²) in [4.78, 5) is 35.0. The summed E-state index contributed by atoms with van der Waals surface area (Å²) in [5, 5.41) is 24.7. The van der Waals surface area contributed by atoms with Crippen molar-refractivity contribution in [2.24, 2.45) is 0 Å². The molecule has 0 spiro atoms. The number of rotatable bonds is 8. The lowest BCUT2D eigenvalue weighted by Gasteiger charge is -2.11. The average molecular weight is 369 g/mol. The van der Waals surface area contributed by atoms with Crippen LogP contribution in [0.15, 0.2) is 60.3 Å². The van der Waals surface area contributed by atoms with Crippen LogP contribution in [0, 0.1) is 10.1 Å². The second-order valence-electron chi connectivity index (χ2n) is 5.56. The first kappa shape index (κ1) is 19.8. The number of amides is 2. The zero-order valence-electron chi connectivity index (χ0n) is 14.4. The molecule has 2 aromatic rings. The van der Waals surface area contributed by atoms with E-state index in [-0.39, 0.29) is 24.5 Å². The van der Waals surface area contributed by atoms with Crippen molar-refractivity contribution >= 4 is 23.6 Å². The Bertz CT molecular complexity index is 832. The molecule has 8 heteroatoms. The molecular weight excluding hydrogens is 350 g/mol. The number of carbonyl (C=O) groups excluding carboxylic acids is 2. The van der Waals surface area contributed by atoms with Crippen molar-refractivity contribution in [2.45, 2.75) is 6.42 Å². The second kappa shape index (κ2) is 9.83. The summed E-state index contributed by atoms with van der Waals surface area (Å²) in [6, 6.07) is 14.0. The molecule has 0 atom stereocenters. The van der Waals surface area contributed by atoms with Gasteiger partial charge >= 0.3 is 0 Å². The Hall–Kier alpha value is -3.52. The maximum Gasteiger partial charge on any atom is 0.269 e. The summed E-state index contributed by atoms with van der Waals surface area (Å²) < 4.78 is 0. The van der Waals surface area contributed by atoms with Crippen LogP contribution in [0.5, 0.6) is 0 Å². The Labute approximate surface area is 155 Å². The molecule has 0 aliphatic carbocycles. The summed E-state index contributed by atoms with van der Waals surface area (Å²) >= 11 is 0. The molecular formula is C19H19N3O5. The van der Waals surface area contributed by atoms with Crippen LogP contribution < -0.4 is 10.6 Å². The third kappa shape index (κ3) is 6.05. The molecule has 0 aliphatic rings. The summed E-state index contributed by atoms with van der Waals surface area (Å²) in [6.45, 7) is 0.173. The maximum absolute atomic E-state index is 12.4. The molecule has 2 rings (SSSR count). The van der Waals surface area contributed by atoms with Crippen LogP contribution >= 0.6 is 0 Å². The minimum atomic E-state index is -0.522. The zero-order chi connectivity index (χ0) is 19.6. The summed E-state index contributed by atoms with van der Waals surface area (Å²) in [6.07, 6.45) is 1.81. The highest BCUT2D eigenvalue weighted by atomic mass is 16.6. The van der Waals surface area contributed by atoms with Crippen LogP contribution in [-0.4, -0.2) is 35.0 Å². The molecule has 0 aromatic heterocycles. The first-order valence-electron chi connectivity index (χ1n) is 8.23. The number of nitrogens with zero attached hydrogens (tertiary/aromatic N) is 1. The Kier molecular flexibility index (Phi) is 7.21. The molecule has 0 unspecified atom stereocenters. The average Bonchev–Trinajstić information content (AvgIpc) is 2.68. The van der Waals surface area contributed by atoms with Gasteiger partial charge in [-0.2, -0.15) is 0 Å². The van der Waals surface area contributed by atoms with E-state index >= 15 is 0 Å². The van der Waals surface area contributed by atoms with Crippen LogP contribution in [0.3, 0.4) is 0 Å². The standard InChI is InChI=1S/C19H19N3O5/c23-12-4-11-20-19(25)17(21-18(24)15-5-2-1-3-6-15)13-14-7-9-16(10-8-14)22(26)27/h1-3,5-10,13,23H,4,11-12H2,(H,20,25)(H,21,24). The van der Waals surface area contributed by atoms with Crippen molar-refractivity contribution in [2.75, 3.05) is 13.2 Å². The van der Waals surface area contributed by atoms with E-state index in [1.807, 2.05) is 0 Å². The number of aliphatic hydroxyl groups is 1. The van der Waals surface area contributed by atoms with Gasteiger partial charge in [-0.15, -0.1) is 0 Å². The van der Waals surface area contributed by atoms with Gasteiger partial charge in [0.25, 0.3) is 17.5 Å². The molecule has 2 amide bonds. The second-order valence-corrected chi connectivity index (χ2v) is 5.56. The Morgan fingerprint density at radius 3 is 2.33 bits per heavy atom. The molecule has 0 heterocycles. The lowest BCUT2D eigenvalue weighted by molar-refractivity contribution is -0.384. The maximum atomic E-state index is 12.4.